The Balaban J connectivity index is 1.63. The van der Waals surface area contributed by atoms with Crippen LogP contribution >= 0.6 is 11.3 Å². The van der Waals surface area contributed by atoms with Gasteiger partial charge in [-0.15, -0.1) is 11.3 Å². The fraction of sp³-hybridized carbons (Fsp3) is 0.429. The van der Waals surface area contributed by atoms with Crippen LogP contribution in [-0.4, -0.2) is 11.8 Å². The van der Waals surface area contributed by atoms with Crippen LogP contribution in [0.25, 0.3) is 0 Å². The number of fused-ring (bicyclic) bond motifs is 1. The zero-order chi connectivity index (χ0) is 18.9. The van der Waals surface area contributed by atoms with Crippen molar-refractivity contribution in [2.24, 2.45) is 17.1 Å². The van der Waals surface area contributed by atoms with Gasteiger partial charge in [-0.3, -0.25) is 9.59 Å². The maximum atomic E-state index is 12.5. The van der Waals surface area contributed by atoms with Crippen LogP contribution < -0.4 is 11.1 Å². The molecule has 1 atom stereocenters. The molecule has 4 nitrogen and oxygen atoms in total. The molecule has 1 aromatic heterocycles. The molecule has 2 amide bonds. The van der Waals surface area contributed by atoms with Gasteiger partial charge in [-0.05, 0) is 59.9 Å². The topological polar surface area (TPSA) is 72.2 Å². The Kier molecular flexibility index (Phi) is 5.19. The quantitative estimate of drug-likeness (QED) is 0.856. The fourth-order valence-corrected chi connectivity index (χ4v) is 4.56. The first-order chi connectivity index (χ1) is 12.2. The van der Waals surface area contributed by atoms with E-state index in [4.69, 9.17) is 5.73 Å². The summed E-state index contributed by atoms with van der Waals surface area (Å²) in [6, 6.07) is 9.06. The molecule has 1 aliphatic rings. The number of nitrogens with one attached hydrogen (secondary N) is 1. The average Bonchev–Trinajstić information content (AvgIpc) is 3.02. The van der Waals surface area contributed by atoms with Crippen molar-refractivity contribution in [3.05, 3.63) is 56.8 Å². The lowest BCUT2D eigenvalue weighted by Gasteiger charge is -2.33. The molecule has 0 saturated carbocycles. The molecule has 3 rings (SSSR count). The van der Waals surface area contributed by atoms with Crippen LogP contribution in [0.15, 0.2) is 30.3 Å². The van der Waals surface area contributed by atoms with E-state index in [1.807, 2.05) is 12.1 Å². The third-order valence-electron chi connectivity index (χ3n) is 5.22. The van der Waals surface area contributed by atoms with Gasteiger partial charge >= 0.3 is 0 Å². The maximum absolute atomic E-state index is 12.5. The van der Waals surface area contributed by atoms with Crippen molar-refractivity contribution < 1.29 is 9.59 Å². The highest BCUT2D eigenvalue weighted by Gasteiger charge is 2.30. The minimum absolute atomic E-state index is 0.0318. The second-order valence-electron chi connectivity index (χ2n) is 8.11. The Morgan fingerprint density at radius 3 is 2.54 bits per heavy atom. The highest BCUT2D eigenvalue weighted by Crippen LogP contribution is 2.40. The normalized spacial score (nSPS) is 16.8. The van der Waals surface area contributed by atoms with Gasteiger partial charge in [0.2, 0.25) is 5.91 Å². The van der Waals surface area contributed by atoms with Gasteiger partial charge < -0.3 is 11.1 Å². The summed E-state index contributed by atoms with van der Waals surface area (Å²) >= 11 is 1.62. The van der Waals surface area contributed by atoms with E-state index in [0.717, 1.165) is 23.3 Å². The van der Waals surface area contributed by atoms with Gasteiger partial charge in [0, 0.05) is 17.0 Å². The molecule has 0 unspecified atom stereocenters. The molecule has 1 aliphatic carbocycles. The number of hydrogen-bond donors (Lipinski definition) is 2. The number of benzene rings is 1. The van der Waals surface area contributed by atoms with Gasteiger partial charge in [-0.1, -0.05) is 32.9 Å². The molecule has 26 heavy (non-hydrogen) atoms. The van der Waals surface area contributed by atoms with Crippen LogP contribution in [-0.2, 0) is 19.4 Å². The fourth-order valence-electron chi connectivity index (χ4n) is 3.43. The molecule has 1 aromatic carbocycles. The van der Waals surface area contributed by atoms with E-state index in [1.54, 1.807) is 23.5 Å². The summed E-state index contributed by atoms with van der Waals surface area (Å²) in [5.74, 6) is 0.193. The van der Waals surface area contributed by atoms with Crippen molar-refractivity contribution in [1.82, 2.24) is 5.32 Å². The van der Waals surface area contributed by atoms with E-state index in [0.29, 0.717) is 23.4 Å². The number of amides is 2. The van der Waals surface area contributed by atoms with Crippen molar-refractivity contribution in [3.63, 3.8) is 0 Å². The summed E-state index contributed by atoms with van der Waals surface area (Å²) in [6.45, 7) is 7.33. The molecule has 2 aromatic rings. The highest BCUT2D eigenvalue weighted by molar-refractivity contribution is 7.14. The Bertz CT molecular complexity index is 816. The van der Waals surface area contributed by atoms with Crippen LogP contribution in [0.3, 0.4) is 0 Å². The van der Waals surface area contributed by atoms with E-state index in [2.05, 4.69) is 32.2 Å². The molecule has 1 heterocycles. The summed E-state index contributed by atoms with van der Waals surface area (Å²) in [5, 5.41) is 2.97. The predicted molar refractivity (Wildman–Crippen MR) is 105 cm³/mol. The molecule has 5 heteroatoms. The Morgan fingerprint density at radius 2 is 1.92 bits per heavy atom. The van der Waals surface area contributed by atoms with Crippen molar-refractivity contribution >= 4 is 23.2 Å². The standard InChI is InChI=1S/C21H26N2O2S/c1-21(2,3)16-8-9-17-15(10-16)11-18(26-17)20(25)23-12-13-4-6-14(7-5-13)19(22)24/h4-7,11,16H,8-10,12H2,1-3H3,(H2,22,24)(H,23,25)/t16-/m0/s1. The van der Waals surface area contributed by atoms with Crippen molar-refractivity contribution in [2.45, 2.75) is 46.6 Å². The number of carbonyl (C=O) groups is 2. The second-order valence-corrected chi connectivity index (χ2v) is 9.25. The van der Waals surface area contributed by atoms with E-state index in [1.165, 1.54) is 16.9 Å². The number of hydrogen-bond acceptors (Lipinski definition) is 3. The molecule has 0 fully saturated rings. The lowest BCUT2D eigenvalue weighted by Crippen LogP contribution is -2.26. The molecule has 0 saturated heterocycles. The van der Waals surface area contributed by atoms with E-state index in [9.17, 15) is 9.59 Å². The summed E-state index contributed by atoms with van der Waals surface area (Å²) in [6.07, 6.45) is 3.34. The Morgan fingerprint density at radius 1 is 1.23 bits per heavy atom. The Labute approximate surface area is 158 Å². The lowest BCUT2D eigenvalue weighted by molar-refractivity contribution is 0.0953. The number of carbonyl (C=O) groups excluding carboxylic acids is 2. The first-order valence-corrected chi connectivity index (χ1v) is 9.84. The summed E-state index contributed by atoms with van der Waals surface area (Å²) in [4.78, 5) is 25.8. The molecule has 0 spiro atoms. The largest absolute Gasteiger partial charge is 0.366 e. The highest BCUT2D eigenvalue weighted by atomic mass is 32.1. The summed E-state index contributed by atoms with van der Waals surface area (Å²) in [7, 11) is 0. The number of primary amides is 1. The minimum Gasteiger partial charge on any atom is -0.366 e. The second kappa shape index (κ2) is 7.23. The zero-order valence-corrected chi connectivity index (χ0v) is 16.4. The predicted octanol–water partition coefficient (Wildman–Crippen LogP) is 3.93. The van der Waals surface area contributed by atoms with Crippen LogP contribution in [0.2, 0.25) is 0 Å². The molecular formula is C21H26N2O2S. The number of thiophene rings is 1. The van der Waals surface area contributed by atoms with Crippen LogP contribution in [0.5, 0.6) is 0 Å². The third-order valence-corrected chi connectivity index (χ3v) is 6.46. The monoisotopic (exact) mass is 370 g/mol. The van der Waals surface area contributed by atoms with Crippen molar-refractivity contribution in [2.75, 3.05) is 0 Å². The van der Waals surface area contributed by atoms with Gasteiger partial charge in [-0.25, -0.2) is 0 Å². The number of nitrogens with two attached hydrogens (primary N) is 1. The van der Waals surface area contributed by atoms with Gasteiger partial charge in [0.1, 0.15) is 0 Å². The van der Waals surface area contributed by atoms with Crippen LogP contribution in [0, 0.1) is 11.3 Å². The van der Waals surface area contributed by atoms with E-state index in [-0.39, 0.29) is 5.91 Å². The summed E-state index contributed by atoms with van der Waals surface area (Å²) < 4.78 is 0. The number of rotatable bonds is 4. The summed E-state index contributed by atoms with van der Waals surface area (Å²) in [5.41, 5.74) is 8.30. The van der Waals surface area contributed by atoms with Gasteiger partial charge in [0.25, 0.3) is 5.91 Å². The first kappa shape index (κ1) is 18.6. The van der Waals surface area contributed by atoms with Crippen LogP contribution in [0.4, 0.5) is 0 Å². The molecule has 0 bridgehead atoms. The van der Waals surface area contributed by atoms with E-state index < -0.39 is 5.91 Å². The molecule has 3 N–H and O–H groups in total. The van der Waals surface area contributed by atoms with Gasteiger partial charge in [-0.2, -0.15) is 0 Å². The lowest BCUT2D eigenvalue weighted by atomic mass is 9.72. The smallest absolute Gasteiger partial charge is 0.261 e. The average molecular weight is 371 g/mol. The van der Waals surface area contributed by atoms with Gasteiger partial charge in [0.05, 0.1) is 4.88 Å². The van der Waals surface area contributed by atoms with Crippen molar-refractivity contribution in [1.29, 1.82) is 0 Å². The molecule has 0 radical (unpaired) electrons. The minimum atomic E-state index is -0.446. The van der Waals surface area contributed by atoms with Crippen molar-refractivity contribution in [3.8, 4) is 0 Å². The third kappa shape index (κ3) is 4.15. The first-order valence-electron chi connectivity index (χ1n) is 9.02. The zero-order valence-electron chi connectivity index (χ0n) is 15.6. The molecule has 0 aliphatic heterocycles. The SMILES string of the molecule is CC(C)(C)[C@H]1CCc2sc(C(=O)NCc3ccc(C(N)=O)cc3)cc2C1. The number of aryl methyl sites for hydroxylation is 1. The molecule has 138 valence electrons. The van der Waals surface area contributed by atoms with E-state index >= 15 is 0 Å². The maximum Gasteiger partial charge on any atom is 0.261 e. The molecular weight excluding hydrogens is 344 g/mol. The van der Waals surface area contributed by atoms with Gasteiger partial charge in [0.15, 0.2) is 0 Å². The Hall–Kier alpha value is -2.14. The van der Waals surface area contributed by atoms with Crippen LogP contribution in [0.1, 0.15) is 63.2 Å².